The van der Waals surface area contributed by atoms with Gasteiger partial charge in [-0.15, -0.1) is 0 Å². The highest BCUT2D eigenvalue weighted by Crippen LogP contribution is 2.40. The third-order valence-corrected chi connectivity index (χ3v) is 3.71. The molecule has 1 atom stereocenters. The monoisotopic (exact) mass is 328 g/mol. The standard InChI is InChI=1S/C13H17ClN4O4/c1-7(2)17(10(8-4-5-8)12(19)22-3)11-9(18(20)21)6-15-13(14)16-11/h6-8,10H,4-5H2,1-3H3. The third-order valence-electron chi connectivity index (χ3n) is 3.53. The molecule has 120 valence electrons. The van der Waals surface area contributed by atoms with Crippen molar-refractivity contribution in [1.29, 1.82) is 0 Å². The zero-order valence-electron chi connectivity index (χ0n) is 12.5. The fourth-order valence-electron chi connectivity index (χ4n) is 2.43. The number of carbonyl (C=O) groups is 1. The van der Waals surface area contributed by atoms with Crippen LogP contribution in [0.15, 0.2) is 6.20 Å². The van der Waals surface area contributed by atoms with Crippen LogP contribution in [-0.2, 0) is 9.53 Å². The maximum Gasteiger partial charge on any atom is 0.329 e. The van der Waals surface area contributed by atoms with Gasteiger partial charge in [0.15, 0.2) is 0 Å². The number of anilines is 1. The van der Waals surface area contributed by atoms with Crippen molar-refractivity contribution in [2.75, 3.05) is 12.0 Å². The smallest absolute Gasteiger partial charge is 0.329 e. The van der Waals surface area contributed by atoms with E-state index in [2.05, 4.69) is 9.97 Å². The van der Waals surface area contributed by atoms with E-state index in [4.69, 9.17) is 16.3 Å². The summed E-state index contributed by atoms with van der Waals surface area (Å²) in [5.74, 6) is -0.286. The zero-order valence-corrected chi connectivity index (χ0v) is 13.3. The van der Waals surface area contributed by atoms with E-state index in [9.17, 15) is 14.9 Å². The summed E-state index contributed by atoms with van der Waals surface area (Å²) in [6.07, 6.45) is 2.80. The number of esters is 1. The molecule has 0 bridgehead atoms. The van der Waals surface area contributed by atoms with Gasteiger partial charge in [0.05, 0.1) is 12.0 Å². The summed E-state index contributed by atoms with van der Waals surface area (Å²) in [6.45, 7) is 3.66. The average Bonchev–Trinajstić information content (AvgIpc) is 3.27. The van der Waals surface area contributed by atoms with E-state index in [1.807, 2.05) is 13.8 Å². The molecule has 0 amide bonds. The Labute approximate surface area is 132 Å². The Balaban J connectivity index is 2.54. The predicted octanol–water partition coefficient (Wildman–Crippen LogP) is 2.20. The van der Waals surface area contributed by atoms with Crippen LogP contribution in [0.1, 0.15) is 26.7 Å². The molecule has 2 rings (SSSR count). The fourth-order valence-corrected chi connectivity index (χ4v) is 2.56. The van der Waals surface area contributed by atoms with E-state index in [0.29, 0.717) is 0 Å². The molecule has 8 nitrogen and oxygen atoms in total. The van der Waals surface area contributed by atoms with Gasteiger partial charge in [0, 0.05) is 6.04 Å². The summed E-state index contributed by atoms with van der Waals surface area (Å²) in [6, 6.07) is -0.816. The summed E-state index contributed by atoms with van der Waals surface area (Å²) >= 11 is 5.80. The summed E-state index contributed by atoms with van der Waals surface area (Å²) in [5, 5.41) is 11.1. The number of nitro groups is 1. The molecule has 1 aromatic rings. The number of halogens is 1. The van der Waals surface area contributed by atoms with Gasteiger partial charge in [-0.05, 0) is 44.2 Å². The number of nitrogens with zero attached hydrogens (tertiary/aromatic N) is 4. The Bertz CT molecular complexity index is 591. The van der Waals surface area contributed by atoms with Gasteiger partial charge in [-0.2, -0.15) is 4.98 Å². The van der Waals surface area contributed by atoms with Crippen LogP contribution in [-0.4, -0.2) is 40.1 Å². The molecule has 1 unspecified atom stereocenters. The number of methoxy groups -OCH3 is 1. The number of ether oxygens (including phenoxy) is 1. The lowest BCUT2D eigenvalue weighted by Crippen LogP contribution is -2.48. The average molecular weight is 329 g/mol. The van der Waals surface area contributed by atoms with Gasteiger partial charge in [0.25, 0.3) is 0 Å². The van der Waals surface area contributed by atoms with Crippen molar-refractivity contribution in [1.82, 2.24) is 9.97 Å². The molecule has 1 saturated carbocycles. The zero-order chi connectivity index (χ0) is 16.4. The third kappa shape index (κ3) is 3.27. The number of hydrogen-bond acceptors (Lipinski definition) is 7. The molecule has 1 aromatic heterocycles. The molecule has 0 spiro atoms. The highest BCUT2D eigenvalue weighted by molar-refractivity contribution is 6.28. The molecule has 0 aliphatic heterocycles. The van der Waals surface area contributed by atoms with Gasteiger partial charge in [0.1, 0.15) is 12.2 Å². The molecule has 0 aromatic carbocycles. The van der Waals surface area contributed by atoms with Gasteiger partial charge < -0.3 is 9.64 Å². The second kappa shape index (κ2) is 6.43. The van der Waals surface area contributed by atoms with Crippen molar-refractivity contribution in [2.24, 2.45) is 5.92 Å². The molecule has 1 aliphatic carbocycles. The largest absolute Gasteiger partial charge is 0.467 e. The Kier molecular flexibility index (Phi) is 4.80. The molecule has 0 N–H and O–H groups in total. The highest BCUT2D eigenvalue weighted by Gasteiger charge is 2.44. The van der Waals surface area contributed by atoms with Crippen molar-refractivity contribution >= 4 is 29.1 Å². The van der Waals surface area contributed by atoms with Crippen molar-refractivity contribution < 1.29 is 14.5 Å². The van der Waals surface area contributed by atoms with E-state index in [0.717, 1.165) is 19.0 Å². The van der Waals surface area contributed by atoms with Crippen molar-refractivity contribution in [3.05, 3.63) is 21.6 Å². The van der Waals surface area contributed by atoms with Crippen molar-refractivity contribution in [3.8, 4) is 0 Å². The molecule has 1 heterocycles. The van der Waals surface area contributed by atoms with Crippen LogP contribution in [0.2, 0.25) is 5.28 Å². The summed E-state index contributed by atoms with van der Waals surface area (Å²) < 4.78 is 4.87. The Morgan fingerprint density at radius 3 is 2.64 bits per heavy atom. The van der Waals surface area contributed by atoms with Crippen LogP contribution < -0.4 is 4.90 Å². The first-order valence-electron chi connectivity index (χ1n) is 6.90. The Morgan fingerprint density at radius 2 is 2.18 bits per heavy atom. The van der Waals surface area contributed by atoms with E-state index < -0.39 is 16.9 Å². The maximum atomic E-state index is 12.2. The number of hydrogen-bond donors (Lipinski definition) is 0. The molecular weight excluding hydrogens is 312 g/mol. The van der Waals surface area contributed by atoms with Gasteiger partial charge in [-0.1, -0.05) is 0 Å². The quantitative estimate of drug-likeness (QED) is 0.341. The maximum absolute atomic E-state index is 12.2. The molecule has 9 heteroatoms. The SMILES string of the molecule is COC(=O)C(C1CC1)N(c1nc(Cl)ncc1[N+](=O)[O-])C(C)C. The number of rotatable bonds is 6. The van der Waals surface area contributed by atoms with Crippen LogP contribution in [0.3, 0.4) is 0 Å². The van der Waals surface area contributed by atoms with Crippen molar-refractivity contribution in [2.45, 2.75) is 38.8 Å². The van der Waals surface area contributed by atoms with Crippen LogP contribution in [0, 0.1) is 16.0 Å². The first-order chi connectivity index (χ1) is 10.4. The van der Waals surface area contributed by atoms with E-state index in [-0.39, 0.29) is 28.7 Å². The summed E-state index contributed by atoms with van der Waals surface area (Å²) in [7, 11) is 1.30. The summed E-state index contributed by atoms with van der Waals surface area (Å²) in [5.41, 5.74) is -0.285. The molecule has 0 saturated heterocycles. The lowest BCUT2D eigenvalue weighted by atomic mass is 10.1. The molecule has 22 heavy (non-hydrogen) atoms. The molecule has 0 radical (unpaired) electrons. The normalized spacial score (nSPS) is 15.5. The van der Waals surface area contributed by atoms with Gasteiger partial charge in [-0.3, -0.25) is 10.1 Å². The minimum atomic E-state index is -0.616. The summed E-state index contributed by atoms with van der Waals surface area (Å²) in [4.78, 5) is 32.1. The van der Waals surface area contributed by atoms with Gasteiger partial charge in [-0.25, -0.2) is 9.78 Å². The Morgan fingerprint density at radius 1 is 1.55 bits per heavy atom. The van der Waals surface area contributed by atoms with Crippen LogP contribution >= 0.6 is 11.6 Å². The van der Waals surface area contributed by atoms with Crippen LogP contribution in [0.5, 0.6) is 0 Å². The second-order valence-corrected chi connectivity index (χ2v) is 5.75. The number of aromatic nitrogens is 2. The number of carbonyl (C=O) groups excluding carboxylic acids is 1. The second-order valence-electron chi connectivity index (χ2n) is 5.41. The van der Waals surface area contributed by atoms with Crippen LogP contribution in [0.4, 0.5) is 11.5 Å². The first kappa shape index (κ1) is 16.4. The minimum absolute atomic E-state index is 0.0438. The van der Waals surface area contributed by atoms with Gasteiger partial charge in [0.2, 0.25) is 11.1 Å². The molecular formula is C13H17ClN4O4. The lowest BCUT2D eigenvalue weighted by molar-refractivity contribution is -0.384. The minimum Gasteiger partial charge on any atom is -0.467 e. The van der Waals surface area contributed by atoms with E-state index in [1.165, 1.54) is 7.11 Å². The van der Waals surface area contributed by atoms with E-state index >= 15 is 0 Å². The topological polar surface area (TPSA) is 98.5 Å². The first-order valence-corrected chi connectivity index (χ1v) is 7.27. The fraction of sp³-hybridized carbons (Fsp3) is 0.615. The molecule has 1 fully saturated rings. The Hall–Kier alpha value is -1.96. The van der Waals surface area contributed by atoms with Crippen LogP contribution in [0.25, 0.3) is 0 Å². The van der Waals surface area contributed by atoms with E-state index in [1.54, 1.807) is 4.90 Å². The van der Waals surface area contributed by atoms with Crippen molar-refractivity contribution in [3.63, 3.8) is 0 Å². The lowest BCUT2D eigenvalue weighted by Gasteiger charge is -2.33. The van der Waals surface area contributed by atoms with Gasteiger partial charge >= 0.3 is 11.7 Å². The highest BCUT2D eigenvalue weighted by atomic mass is 35.5. The molecule has 1 aliphatic rings. The predicted molar refractivity (Wildman–Crippen MR) is 79.8 cm³/mol.